The second-order valence-corrected chi connectivity index (χ2v) is 8.10. The Hall–Kier alpha value is -0.0400. The van der Waals surface area contributed by atoms with Crippen LogP contribution in [0.4, 0.5) is 0 Å². The lowest BCUT2D eigenvalue weighted by atomic mass is 9.48. The molecule has 19 heavy (non-hydrogen) atoms. The molecule has 1 heteroatoms. The summed E-state index contributed by atoms with van der Waals surface area (Å²) < 4.78 is 0. The van der Waals surface area contributed by atoms with Gasteiger partial charge in [0.25, 0.3) is 0 Å². The molecule has 0 aromatic heterocycles. The van der Waals surface area contributed by atoms with Crippen molar-refractivity contribution in [2.75, 3.05) is 7.05 Å². The molecule has 0 saturated heterocycles. The van der Waals surface area contributed by atoms with Crippen LogP contribution in [-0.2, 0) is 0 Å². The van der Waals surface area contributed by atoms with Gasteiger partial charge in [-0.1, -0.05) is 26.2 Å². The monoisotopic (exact) mass is 263 g/mol. The lowest BCUT2D eigenvalue weighted by Gasteiger charge is -2.57. The maximum atomic E-state index is 3.64. The fourth-order valence-electron chi connectivity index (χ4n) is 6.05. The number of unbranched alkanes of at least 4 members (excludes halogenated alkanes) is 2. The Morgan fingerprint density at radius 1 is 1.00 bits per heavy atom. The van der Waals surface area contributed by atoms with E-state index in [0.29, 0.717) is 0 Å². The molecule has 4 bridgehead atoms. The van der Waals surface area contributed by atoms with Crippen LogP contribution < -0.4 is 5.32 Å². The summed E-state index contributed by atoms with van der Waals surface area (Å²) in [6.45, 7) is 2.31. The Balaban J connectivity index is 1.58. The zero-order chi connectivity index (χ0) is 13.3. The lowest BCUT2D eigenvalue weighted by Crippen LogP contribution is -2.48. The van der Waals surface area contributed by atoms with E-state index in [4.69, 9.17) is 0 Å². The zero-order valence-electron chi connectivity index (χ0n) is 13.1. The normalized spacial score (nSPS) is 41.7. The third kappa shape index (κ3) is 3.01. The first-order valence-electron chi connectivity index (χ1n) is 8.90. The second kappa shape index (κ2) is 5.76. The molecule has 4 saturated carbocycles. The third-order valence-electron chi connectivity index (χ3n) is 6.41. The highest BCUT2D eigenvalue weighted by Gasteiger charge is 2.51. The fraction of sp³-hybridized carbons (Fsp3) is 1.00. The highest BCUT2D eigenvalue weighted by molar-refractivity contribution is 5.02. The molecule has 0 heterocycles. The Kier molecular flexibility index (Phi) is 4.22. The first-order chi connectivity index (χ1) is 9.23. The zero-order valence-corrected chi connectivity index (χ0v) is 13.1. The molecule has 4 fully saturated rings. The van der Waals surface area contributed by atoms with E-state index >= 15 is 0 Å². The molecule has 1 nitrogen and oxygen atoms in total. The van der Waals surface area contributed by atoms with E-state index in [1.807, 2.05) is 0 Å². The van der Waals surface area contributed by atoms with Crippen LogP contribution in [-0.4, -0.2) is 13.1 Å². The van der Waals surface area contributed by atoms with Crippen LogP contribution in [0.25, 0.3) is 0 Å². The standard InChI is InChI=1S/C18H33N/c1-3-4-5-6-17(19-2)13-18-10-14-7-15(11-18)9-16(8-14)12-18/h14-17,19H,3-13H2,1-2H3. The highest BCUT2D eigenvalue weighted by atomic mass is 14.9. The largest absolute Gasteiger partial charge is 0.317 e. The SMILES string of the molecule is CCCCCC(CC12CC3CC(CC(C3)C1)C2)NC. The second-order valence-electron chi connectivity index (χ2n) is 8.10. The Bertz CT molecular complexity index is 261. The van der Waals surface area contributed by atoms with Gasteiger partial charge in [-0.3, -0.25) is 0 Å². The third-order valence-corrected chi connectivity index (χ3v) is 6.41. The molecule has 4 aliphatic carbocycles. The minimum Gasteiger partial charge on any atom is -0.317 e. The quantitative estimate of drug-likeness (QED) is 0.653. The highest BCUT2D eigenvalue weighted by Crippen LogP contribution is 2.61. The topological polar surface area (TPSA) is 12.0 Å². The summed E-state index contributed by atoms with van der Waals surface area (Å²) in [6, 6.07) is 0.794. The number of hydrogen-bond donors (Lipinski definition) is 1. The molecule has 110 valence electrons. The van der Waals surface area contributed by atoms with Gasteiger partial charge in [-0.2, -0.15) is 0 Å². The maximum Gasteiger partial charge on any atom is 0.00693 e. The molecule has 1 atom stereocenters. The summed E-state index contributed by atoms with van der Waals surface area (Å²) in [5, 5.41) is 3.64. The van der Waals surface area contributed by atoms with E-state index in [2.05, 4.69) is 19.3 Å². The summed E-state index contributed by atoms with van der Waals surface area (Å²) in [4.78, 5) is 0. The molecule has 0 amide bonds. The van der Waals surface area contributed by atoms with Gasteiger partial charge in [0.15, 0.2) is 0 Å². The molecular weight excluding hydrogens is 230 g/mol. The van der Waals surface area contributed by atoms with E-state index in [0.717, 1.165) is 29.2 Å². The van der Waals surface area contributed by atoms with Gasteiger partial charge < -0.3 is 5.32 Å². The van der Waals surface area contributed by atoms with E-state index in [1.54, 1.807) is 38.5 Å². The Morgan fingerprint density at radius 3 is 2.05 bits per heavy atom. The van der Waals surface area contributed by atoms with Crippen molar-refractivity contribution < 1.29 is 0 Å². The van der Waals surface area contributed by atoms with Crippen molar-refractivity contribution >= 4 is 0 Å². The van der Waals surface area contributed by atoms with E-state index in [9.17, 15) is 0 Å². The molecule has 4 aliphatic rings. The Labute approximate surface area is 119 Å². The Morgan fingerprint density at radius 2 is 1.58 bits per heavy atom. The first kappa shape index (κ1) is 13.9. The molecule has 0 aliphatic heterocycles. The van der Waals surface area contributed by atoms with Crippen molar-refractivity contribution in [3.05, 3.63) is 0 Å². The van der Waals surface area contributed by atoms with Crippen molar-refractivity contribution in [1.82, 2.24) is 5.32 Å². The van der Waals surface area contributed by atoms with Gasteiger partial charge in [-0.05, 0) is 81.6 Å². The summed E-state index contributed by atoms with van der Waals surface area (Å²) in [7, 11) is 2.19. The smallest absolute Gasteiger partial charge is 0.00693 e. The lowest BCUT2D eigenvalue weighted by molar-refractivity contribution is -0.0621. The molecule has 1 unspecified atom stereocenters. The van der Waals surface area contributed by atoms with E-state index < -0.39 is 0 Å². The molecule has 1 N–H and O–H groups in total. The van der Waals surface area contributed by atoms with E-state index in [-0.39, 0.29) is 0 Å². The summed E-state index contributed by atoms with van der Waals surface area (Å²) in [6.07, 6.45) is 16.6. The van der Waals surface area contributed by atoms with Crippen LogP contribution in [0, 0.1) is 23.2 Å². The van der Waals surface area contributed by atoms with Gasteiger partial charge in [-0.25, -0.2) is 0 Å². The van der Waals surface area contributed by atoms with Gasteiger partial charge in [0, 0.05) is 6.04 Å². The van der Waals surface area contributed by atoms with Crippen LogP contribution in [0.5, 0.6) is 0 Å². The molecule has 0 radical (unpaired) electrons. The van der Waals surface area contributed by atoms with Crippen molar-refractivity contribution in [3.63, 3.8) is 0 Å². The molecule has 4 rings (SSSR count). The minimum absolute atomic E-state index is 0.759. The summed E-state index contributed by atoms with van der Waals surface area (Å²) >= 11 is 0. The van der Waals surface area contributed by atoms with Crippen molar-refractivity contribution in [1.29, 1.82) is 0 Å². The van der Waals surface area contributed by atoms with Gasteiger partial charge in [0.2, 0.25) is 0 Å². The predicted octanol–water partition coefficient (Wildman–Crippen LogP) is 4.76. The van der Waals surface area contributed by atoms with Crippen LogP contribution in [0.1, 0.15) is 77.6 Å². The average molecular weight is 263 g/mol. The fourth-order valence-corrected chi connectivity index (χ4v) is 6.05. The average Bonchev–Trinajstić information content (AvgIpc) is 2.36. The molecule has 0 aromatic carbocycles. The predicted molar refractivity (Wildman–Crippen MR) is 82.2 cm³/mol. The van der Waals surface area contributed by atoms with Gasteiger partial charge in [0.05, 0.1) is 0 Å². The van der Waals surface area contributed by atoms with Gasteiger partial charge in [-0.15, -0.1) is 0 Å². The maximum absolute atomic E-state index is 3.64. The van der Waals surface area contributed by atoms with Gasteiger partial charge >= 0.3 is 0 Å². The van der Waals surface area contributed by atoms with Crippen molar-refractivity contribution in [2.45, 2.75) is 83.6 Å². The number of rotatable bonds is 7. The number of hydrogen-bond acceptors (Lipinski definition) is 1. The summed E-state index contributed by atoms with van der Waals surface area (Å²) in [5.41, 5.74) is 0.759. The van der Waals surface area contributed by atoms with Crippen LogP contribution in [0.15, 0.2) is 0 Å². The molecule has 0 aromatic rings. The molecular formula is C18H33N. The first-order valence-corrected chi connectivity index (χ1v) is 8.90. The van der Waals surface area contributed by atoms with Crippen molar-refractivity contribution in [3.8, 4) is 0 Å². The van der Waals surface area contributed by atoms with Gasteiger partial charge in [0.1, 0.15) is 0 Å². The van der Waals surface area contributed by atoms with Crippen LogP contribution in [0.2, 0.25) is 0 Å². The minimum atomic E-state index is 0.759. The number of nitrogens with one attached hydrogen (secondary N) is 1. The van der Waals surface area contributed by atoms with Crippen LogP contribution in [0.3, 0.4) is 0 Å². The summed E-state index contributed by atoms with van der Waals surface area (Å²) in [5.74, 6) is 3.33. The van der Waals surface area contributed by atoms with Crippen molar-refractivity contribution in [2.24, 2.45) is 23.2 Å². The van der Waals surface area contributed by atoms with Crippen LogP contribution >= 0.6 is 0 Å². The molecule has 0 spiro atoms. The van der Waals surface area contributed by atoms with E-state index in [1.165, 1.54) is 32.1 Å².